The zero-order valence-corrected chi connectivity index (χ0v) is 11.4. The quantitative estimate of drug-likeness (QED) is 0.852. The fourth-order valence-electron chi connectivity index (χ4n) is 1.49. The molecule has 0 aliphatic carbocycles. The molecule has 0 aliphatic rings. The molecule has 2 aromatic rings. The van der Waals surface area contributed by atoms with Gasteiger partial charge in [0.1, 0.15) is 0 Å². The van der Waals surface area contributed by atoms with Gasteiger partial charge in [-0.1, -0.05) is 11.6 Å². The van der Waals surface area contributed by atoms with E-state index in [1.165, 1.54) is 11.3 Å². The summed E-state index contributed by atoms with van der Waals surface area (Å²) in [5.41, 5.74) is 6.41. The monoisotopic (exact) mass is 294 g/mol. The molecule has 0 saturated carbocycles. The van der Waals surface area contributed by atoms with Gasteiger partial charge >= 0.3 is 0 Å². The third-order valence-corrected chi connectivity index (χ3v) is 3.68. The molecular formula is C13H11ClN2O2S. The number of carbonyl (C=O) groups excluding carboxylic acids is 2. The van der Waals surface area contributed by atoms with Crippen molar-refractivity contribution < 1.29 is 9.59 Å². The number of rotatable bonds is 4. The van der Waals surface area contributed by atoms with Crippen LogP contribution in [0, 0.1) is 0 Å². The van der Waals surface area contributed by atoms with Gasteiger partial charge in [-0.15, -0.1) is 11.3 Å². The van der Waals surface area contributed by atoms with Crippen molar-refractivity contribution in [2.75, 3.05) is 11.9 Å². The molecule has 3 N–H and O–H groups in total. The molecule has 0 bridgehead atoms. The smallest absolute Gasteiger partial charge is 0.265 e. The number of benzene rings is 1. The molecule has 0 saturated heterocycles. The van der Waals surface area contributed by atoms with Crippen molar-refractivity contribution in [2.45, 2.75) is 0 Å². The number of nitrogens with one attached hydrogen (secondary N) is 1. The molecule has 19 heavy (non-hydrogen) atoms. The van der Waals surface area contributed by atoms with Crippen LogP contribution < -0.4 is 11.1 Å². The van der Waals surface area contributed by atoms with Gasteiger partial charge in [0, 0.05) is 11.3 Å². The van der Waals surface area contributed by atoms with Gasteiger partial charge in [-0.05, 0) is 36.4 Å². The molecule has 1 aromatic carbocycles. The highest BCUT2D eigenvalue weighted by molar-refractivity contribution is 7.18. The summed E-state index contributed by atoms with van der Waals surface area (Å²) in [6.07, 6.45) is 0. The second-order valence-electron chi connectivity index (χ2n) is 3.76. The Kier molecular flexibility index (Phi) is 4.31. The summed E-state index contributed by atoms with van der Waals surface area (Å²) in [5.74, 6) is -0.363. The maximum atomic E-state index is 11.9. The minimum absolute atomic E-state index is 0.0284. The van der Waals surface area contributed by atoms with Crippen LogP contribution in [-0.2, 0) is 0 Å². The lowest BCUT2D eigenvalue weighted by atomic mass is 10.1. The average molecular weight is 295 g/mol. The van der Waals surface area contributed by atoms with Crippen molar-refractivity contribution in [3.05, 3.63) is 51.2 Å². The fraction of sp³-hybridized carbons (Fsp3) is 0.0769. The molecule has 4 nitrogen and oxygen atoms in total. The number of hydrogen-bond donors (Lipinski definition) is 2. The van der Waals surface area contributed by atoms with E-state index in [2.05, 4.69) is 5.32 Å². The van der Waals surface area contributed by atoms with Gasteiger partial charge < -0.3 is 11.1 Å². The summed E-state index contributed by atoms with van der Waals surface area (Å²) >= 11 is 6.98. The van der Waals surface area contributed by atoms with Crippen molar-refractivity contribution in [1.29, 1.82) is 0 Å². The average Bonchev–Trinajstić information content (AvgIpc) is 2.85. The lowest BCUT2D eigenvalue weighted by Gasteiger charge is -2.04. The minimum Gasteiger partial charge on any atom is -0.324 e. The van der Waals surface area contributed by atoms with E-state index in [0.717, 1.165) is 0 Å². The summed E-state index contributed by atoms with van der Waals surface area (Å²) in [7, 11) is 0. The van der Waals surface area contributed by atoms with Gasteiger partial charge in [0.25, 0.3) is 5.91 Å². The third kappa shape index (κ3) is 3.41. The Hall–Kier alpha value is -1.69. The lowest BCUT2D eigenvalue weighted by molar-refractivity contribution is 0.0999. The molecule has 0 fully saturated rings. The van der Waals surface area contributed by atoms with Gasteiger partial charge in [-0.2, -0.15) is 0 Å². The Morgan fingerprint density at radius 3 is 2.37 bits per heavy atom. The standard InChI is InChI=1S/C13H11ClN2O2S/c14-12-6-5-11(19-12)13(18)16-9-3-1-8(2-4-9)10(17)7-15/h1-6H,7,15H2,(H,16,18). The Morgan fingerprint density at radius 2 is 1.84 bits per heavy atom. The van der Waals surface area contributed by atoms with Crippen molar-refractivity contribution in [1.82, 2.24) is 0 Å². The van der Waals surface area contributed by atoms with E-state index in [1.54, 1.807) is 36.4 Å². The van der Waals surface area contributed by atoms with E-state index in [4.69, 9.17) is 17.3 Å². The topological polar surface area (TPSA) is 72.2 Å². The van der Waals surface area contributed by atoms with Crippen molar-refractivity contribution >= 4 is 40.3 Å². The molecule has 0 aliphatic heterocycles. The molecule has 0 atom stereocenters. The number of halogens is 1. The number of hydrogen-bond acceptors (Lipinski definition) is 4. The number of carbonyl (C=O) groups is 2. The van der Waals surface area contributed by atoms with Crippen LogP contribution in [-0.4, -0.2) is 18.2 Å². The molecule has 6 heteroatoms. The predicted molar refractivity (Wildman–Crippen MR) is 77.1 cm³/mol. The van der Waals surface area contributed by atoms with Crippen LogP contribution in [0.1, 0.15) is 20.0 Å². The number of Topliss-reactive ketones (excluding diaryl/α,β-unsaturated/α-hetero) is 1. The van der Waals surface area contributed by atoms with E-state index in [-0.39, 0.29) is 18.2 Å². The maximum Gasteiger partial charge on any atom is 0.265 e. The first-order valence-corrected chi connectivity index (χ1v) is 6.69. The van der Waals surface area contributed by atoms with Crippen molar-refractivity contribution in [3.8, 4) is 0 Å². The molecule has 0 spiro atoms. The molecule has 1 aromatic heterocycles. The third-order valence-electron chi connectivity index (χ3n) is 2.45. The first kappa shape index (κ1) is 13.7. The number of anilines is 1. The van der Waals surface area contributed by atoms with Crippen molar-refractivity contribution in [2.24, 2.45) is 5.73 Å². The highest BCUT2D eigenvalue weighted by Crippen LogP contribution is 2.22. The first-order chi connectivity index (χ1) is 9.10. The van der Waals surface area contributed by atoms with E-state index in [1.807, 2.05) is 0 Å². The van der Waals surface area contributed by atoms with Crippen LogP contribution in [0.15, 0.2) is 36.4 Å². The molecule has 0 unspecified atom stereocenters. The van der Waals surface area contributed by atoms with Crippen LogP contribution in [0.25, 0.3) is 0 Å². The molecule has 0 radical (unpaired) electrons. The number of nitrogens with two attached hydrogens (primary N) is 1. The zero-order valence-electron chi connectivity index (χ0n) is 9.85. The van der Waals surface area contributed by atoms with Gasteiger partial charge in [-0.25, -0.2) is 0 Å². The predicted octanol–water partition coefficient (Wildman–Crippen LogP) is 2.80. The first-order valence-electron chi connectivity index (χ1n) is 5.50. The number of amides is 1. The summed E-state index contributed by atoms with van der Waals surface area (Å²) in [5, 5.41) is 2.73. The van der Waals surface area contributed by atoms with E-state index < -0.39 is 0 Å². The second kappa shape index (κ2) is 5.97. The SMILES string of the molecule is NCC(=O)c1ccc(NC(=O)c2ccc(Cl)s2)cc1. The van der Waals surface area contributed by atoms with Crippen molar-refractivity contribution in [3.63, 3.8) is 0 Å². The molecule has 98 valence electrons. The molecule has 1 amide bonds. The highest BCUT2D eigenvalue weighted by Gasteiger charge is 2.09. The van der Waals surface area contributed by atoms with E-state index >= 15 is 0 Å². The Bertz CT molecular complexity index is 607. The molecule has 1 heterocycles. The van der Waals surface area contributed by atoms with Gasteiger partial charge in [-0.3, -0.25) is 9.59 Å². The Balaban J connectivity index is 2.07. The van der Waals surface area contributed by atoms with Gasteiger partial charge in [0.2, 0.25) is 0 Å². The number of thiophene rings is 1. The van der Waals surface area contributed by atoms with E-state index in [0.29, 0.717) is 20.5 Å². The highest BCUT2D eigenvalue weighted by atomic mass is 35.5. The maximum absolute atomic E-state index is 11.9. The minimum atomic E-state index is -0.227. The summed E-state index contributed by atoms with van der Waals surface area (Å²) in [6, 6.07) is 9.92. The summed E-state index contributed by atoms with van der Waals surface area (Å²) < 4.78 is 0.564. The summed E-state index contributed by atoms with van der Waals surface area (Å²) in [4.78, 5) is 23.7. The van der Waals surface area contributed by atoms with E-state index in [9.17, 15) is 9.59 Å². The van der Waals surface area contributed by atoms with Crippen LogP contribution in [0.5, 0.6) is 0 Å². The lowest BCUT2D eigenvalue weighted by Crippen LogP contribution is -2.14. The molecular weight excluding hydrogens is 284 g/mol. The van der Waals surface area contributed by atoms with Gasteiger partial charge in [0.15, 0.2) is 5.78 Å². The second-order valence-corrected chi connectivity index (χ2v) is 5.48. The van der Waals surface area contributed by atoms with Crippen LogP contribution in [0.2, 0.25) is 4.34 Å². The Labute approximate surface area is 119 Å². The van der Waals surface area contributed by atoms with Gasteiger partial charge in [0.05, 0.1) is 15.8 Å². The number of ketones is 1. The normalized spacial score (nSPS) is 10.2. The molecule has 2 rings (SSSR count). The van der Waals surface area contributed by atoms with Crippen LogP contribution in [0.4, 0.5) is 5.69 Å². The Morgan fingerprint density at radius 1 is 1.16 bits per heavy atom. The van der Waals surface area contributed by atoms with Crippen LogP contribution >= 0.6 is 22.9 Å². The fourth-order valence-corrected chi connectivity index (χ4v) is 2.42. The zero-order chi connectivity index (χ0) is 13.8. The summed E-state index contributed by atoms with van der Waals surface area (Å²) in [6.45, 7) is -0.0284. The van der Waals surface area contributed by atoms with Crippen LogP contribution in [0.3, 0.4) is 0 Å². The largest absolute Gasteiger partial charge is 0.324 e.